The molecule has 2 rings (SSSR count). The second kappa shape index (κ2) is 6.27. The number of amides is 2. The topological polar surface area (TPSA) is 67.1 Å². The van der Waals surface area contributed by atoms with Gasteiger partial charge in [-0.2, -0.15) is 0 Å². The molecule has 0 atom stereocenters. The number of rotatable bonds is 3. The van der Waals surface area contributed by atoms with Gasteiger partial charge in [0.25, 0.3) is 0 Å². The average molecular weight is 307 g/mol. The summed E-state index contributed by atoms with van der Waals surface area (Å²) in [6.07, 6.45) is 0. The summed E-state index contributed by atoms with van der Waals surface area (Å²) in [5, 5.41) is 4.92. The first-order valence-electron chi connectivity index (χ1n) is 5.88. The van der Waals surface area contributed by atoms with Crippen LogP contribution in [0.2, 0.25) is 0 Å². The van der Waals surface area contributed by atoms with E-state index in [0.29, 0.717) is 11.4 Å². The molecule has 0 aliphatic heterocycles. The Hall–Kier alpha value is -2.54. The van der Waals surface area contributed by atoms with Crippen LogP contribution in [0.15, 0.2) is 42.5 Å². The van der Waals surface area contributed by atoms with Crippen molar-refractivity contribution in [3.05, 3.63) is 59.7 Å². The van der Waals surface area contributed by atoms with Gasteiger partial charge in [0.05, 0.1) is 0 Å². The number of nitrogens with two attached hydrogens (primary N) is 1. The minimum Gasteiger partial charge on any atom is -0.389 e. The Morgan fingerprint density at radius 2 is 1.71 bits per heavy atom. The maximum atomic E-state index is 13.4. The Morgan fingerprint density at radius 3 is 2.33 bits per heavy atom. The number of urea groups is 1. The highest BCUT2D eigenvalue weighted by molar-refractivity contribution is 7.80. The van der Waals surface area contributed by atoms with Gasteiger partial charge < -0.3 is 16.4 Å². The smallest absolute Gasteiger partial charge is 0.323 e. The summed E-state index contributed by atoms with van der Waals surface area (Å²) in [6, 6.07) is 8.67. The van der Waals surface area contributed by atoms with Crippen LogP contribution in [0.1, 0.15) is 5.56 Å². The van der Waals surface area contributed by atoms with Crippen molar-refractivity contribution in [2.24, 2.45) is 5.73 Å². The van der Waals surface area contributed by atoms with Crippen LogP contribution in [-0.4, -0.2) is 11.0 Å². The first-order valence-corrected chi connectivity index (χ1v) is 6.29. The molecule has 0 spiro atoms. The number of halogens is 2. The van der Waals surface area contributed by atoms with E-state index in [2.05, 4.69) is 10.6 Å². The molecule has 0 bridgehead atoms. The quantitative estimate of drug-likeness (QED) is 0.763. The van der Waals surface area contributed by atoms with E-state index in [4.69, 9.17) is 18.0 Å². The van der Waals surface area contributed by atoms with Crippen LogP contribution in [0, 0.1) is 11.6 Å². The molecule has 4 nitrogen and oxygen atoms in total. The van der Waals surface area contributed by atoms with Crippen molar-refractivity contribution >= 4 is 34.6 Å². The maximum absolute atomic E-state index is 13.4. The van der Waals surface area contributed by atoms with Crippen molar-refractivity contribution in [2.75, 3.05) is 10.6 Å². The lowest BCUT2D eigenvalue weighted by atomic mass is 10.2. The second-order valence-electron chi connectivity index (χ2n) is 4.15. The predicted molar refractivity (Wildman–Crippen MR) is 81.3 cm³/mol. The van der Waals surface area contributed by atoms with Gasteiger partial charge in [-0.25, -0.2) is 13.6 Å². The zero-order valence-electron chi connectivity index (χ0n) is 10.7. The van der Waals surface area contributed by atoms with Crippen molar-refractivity contribution in [1.29, 1.82) is 0 Å². The highest BCUT2D eigenvalue weighted by atomic mass is 32.1. The first-order chi connectivity index (χ1) is 9.95. The number of hydrogen-bond acceptors (Lipinski definition) is 2. The molecule has 2 amide bonds. The van der Waals surface area contributed by atoms with Gasteiger partial charge in [0.2, 0.25) is 0 Å². The third kappa shape index (κ3) is 3.96. The lowest BCUT2D eigenvalue weighted by molar-refractivity contribution is 0.262. The molecule has 2 aromatic carbocycles. The Labute approximate surface area is 125 Å². The predicted octanol–water partition coefficient (Wildman–Crippen LogP) is 3.24. The zero-order valence-corrected chi connectivity index (χ0v) is 11.5. The van der Waals surface area contributed by atoms with Crippen LogP contribution in [0.5, 0.6) is 0 Å². The number of thiocarbonyl (C=S) groups is 1. The van der Waals surface area contributed by atoms with E-state index < -0.39 is 17.7 Å². The molecule has 21 heavy (non-hydrogen) atoms. The molecule has 4 N–H and O–H groups in total. The summed E-state index contributed by atoms with van der Waals surface area (Å²) in [5.74, 6) is -1.04. The van der Waals surface area contributed by atoms with Gasteiger partial charge in [-0.05, 0) is 36.4 Å². The van der Waals surface area contributed by atoms with Gasteiger partial charge in [-0.1, -0.05) is 18.3 Å². The Balaban J connectivity index is 2.09. The Bertz CT molecular complexity index is 706. The molecule has 0 unspecified atom stereocenters. The van der Waals surface area contributed by atoms with Crippen molar-refractivity contribution in [2.45, 2.75) is 0 Å². The van der Waals surface area contributed by atoms with E-state index in [0.717, 1.165) is 6.07 Å². The Morgan fingerprint density at radius 1 is 1.05 bits per heavy atom. The van der Waals surface area contributed by atoms with Crippen LogP contribution < -0.4 is 16.4 Å². The fourth-order valence-electron chi connectivity index (χ4n) is 1.65. The maximum Gasteiger partial charge on any atom is 0.323 e. The van der Waals surface area contributed by atoms with Crippen LogP contribution in [0.4, 0.5) is 25.0 Å². The third-order valence-electron chi connectivity index (χ3n) is 2.57. The molecule has 0 aliphatic rings. The first kappa shape index (κ1) is 14.9. The summed E-state index contributed by atoms with van der Waals surface area (Å²) in [6.45, 7) is 0. The van der Waals surface area contributed by atoms with Gasteiger partial charge in [-0.15, -0.1) is 0 Å². The number of carbonyl (C=O) groups is 1. The van der Waals surface area contributed by atoms with Crippen LogP contribution in [0.25, 0.3) is 0 Å². The summed E-state index contributed by atoms with van der Waals surface area (Å²) < 4.78 is 26.4. The summed E-state index contributed by atoms with van der Waals surface area (Å²) in [7, 11) is 0. The van der Waals surface area contributed by atoms with E-state index in [9.17, 15) is 13.6 Å². The number of anilines is 2. The van der Waals surface area contributed by atoms with Crippen molar-refractivity contribution in [3.8, 4) is 0 Å². The van der Waals surface area contributed by atoms with Gasteiger partial charge in [0.15, 0.2) is 0 Å². The van der Waals surface area contributed by atoms with E-state index in [1.165, 1.54) is 36.4 Å². The number of carbonyl (C=O) groups excluding carboxylic acids is 1. The molecule has 0 saturated heterocycles. The highest BCUT2D eigenvalue weighted by Gasteiger charge is 2.08. The molecule has 0 aromatic heterocycles. The van der Waals surface area contributed by atoms with Gasteiger partial charge in [0.1, 0.15) is 16.6 Å². The number of nitrogens with one attached hydrogen (secondary N) is 2. The van der Waals surface area contributed by atoms with Crippen molar-refractivity contribution in [3.63, 3.8) is 0 Å². The minimum atomic E-state index is -0.596. The monoisotopic (exact) mass is 307 g/mol. The van der Waals surface area contributed by atoms with Crippen molar-refractivity contribution in [1.82, 2.24) is 0 Å². The van der Waals surface area contributed by atoms with Crippen LogP contribution >= 0.6 is 12.2 Å². The van der Waals surface area contributed by atoms with E-state index in [-0.39, 0.29) is 10.6 Å². The molecule has 0 aliphatic carbocycles. The molecule has 0 radical (unpaired) electrons. The number of hydrogen-bond donors (Lipinski definition) is 3. The molecule has 7 heteroatoms. The molecular formula is C14H11F2N3OS. The molecular weight excluding hydrogens is 296 g/mol. The normalized spacial score (nSPS) is 10.0. The molecule has 108 valence electrons. The van der Waals surface area contributed by atoms with Crippen LogP contribution in [0.3, 0.4) is 0 Å². The lowest BCUT2D eigenvalue weighted by Gasteiger charge is -2.09. The zero-order chi connectivity index (χ0) is 15.4. The van der Waals surface area contributed by atoms with Gasteiger partial charge in [-0.3, -0.25) is 0 Å². The van der Waals surface area contributed by atoms with Crippen molar-refractivity contribution < 1.29 is 13.6 Å². The van der Waals surface area contributed by atoms with Gasteiger partial charge >= 0.3 is 6.03 Å². The highest BCUT2D eigenvalue weighted by Crippen LogP contribution is 2.16. The fraction of sp³-hybridized carbons (Fsp3) is 0. The second-order valence-corrected chi connectivity index (χ2v) is 4.59. The fourth-order valence-corrected chi connectivity index (χ4v) is 1.81. The molecule has 0 saturated carbocycles. The third-order valence-corrected chi connectivity index (χ3v) is 2.79. The SMILES string of the molecule is NC(=S)c1cc(NC(=O)Nc2cccc(F)c2)ccc1F. The average Bonchev–Trinajstić information content (AvgIpc) is 2.40. The Kier molecular flexibility index (Phi) is 4.44. The van der Waals surface area contributed by atoms with E-state index in [1.54, 1.807) is 0 Å². The van der Waals surface area contributed by atoms with E-state index in [1.807, 2.05) is 0 Å². The van der Waals surface area contributed by atoms with Gasteiger partial charge in [0, 0.05) is 16.9 Å². The lowest BCUT2D eigenvalue weighted by Crippen LogP contribution is -2.20. The summed E-state index contributed by atoms with van der Waals surface area (Å²) in [5.41, 5.74) is 6.02. The minimum absolute atomic E-state index is 0.0357. The largest absolute Gasteiger partial charge is 0.389 e. The molecule has 0 fully saturated rings. The standard InChI is InChI=1S/C14H11F2N3OS/c15-8-2-1-3-9(6-8)18-14(20)19-10-4-5-12(16)11(7-10)13(17)21/h1-7H,(H2,17,21)(H2,18,19,20). The summed E-state index contributed by atoms with van der Waals surface area (Å²) in [4.78, 5) is 11.6. The molecule has 0 heterocycles. The summed E-state index contributed by atoms with van der Waals surface area (Å²) >= 11 is 4.71. The van der Waals surface area contributed by atoms with Crippen LogP contribution in [-0.2, 0) is 0 Å². The molecule has 2 aromatic rings. The van der Waals surface area contributed by atoms with E-state index >= 15 is 0 Å². The number of benzene rings is 2.